The maximum atomic E-state index is 12.3. The van der Waals surface area contributed by atoms with E-state index in [2.05, 4.69) is 27.7 Å². The summed E-state index contributed by atoms with van der Waals surface area (Å²) < 4.78 is 5.34. The monoisotopic (exact) mass is 432 g/mol. The van der Waals surface area contributed by atoms with Crippen molar-refractivity contribution in [3.05, 3.63) is 30.3 Å². The summed E-state index contributed by atoms with van der Waals surface area (Å²) >= 11 is 0. The normalized spacial score (nSPS) is 19.2. The number of anilines is 1. The number of carbonyl (C=O) groups excluding carboxylic acids is 2. The van der Waals surface area contributed by atoms with Gasteiger partial charge >= 0.3 is 0 Å². The van der Waals surface area contributed by atoms with Crippen LogP contribution in [-0.2, 0) is 14.3 Å². The summed E-state index contributed by atoms with van der Waals surface area (Å²) in [6.45, 7) is 5.58. The minimum atomic E-state index is -0.0327. The average molecular weight is 433 g/mol. The van der Waals surface area contributed by atoms with Crippen LogP contribution in [0.3, 0.4) is 0 Å². The number of ether oxygens (including phenoxy) is 1. The second-order valence-corrected chi connectivity index (χ2v) is 6.73. The Morgan fingerprint density at radius 1 is 1.11 bits per heavy atom. The number of rotatable bonds is 6. The predicted octanol–water partition coefficient (Wildman–Crippen LogP) is 1.06. The Hall–Kier alpha value is -1.54. The van der Waals surface area contributed by atoms with Gasteiger partial charge in [0.15, 0.2) is 0 Å². The first kappa shape index (κ1) is 24.5. The lowest BCUT2D eigenvalue weighted by Crippen LogP contribution is -2.49. The van der Waals surface area contributed by atoms with Gasteiger partial charge in [-0.15, -0.1) is 24.8 Å². The molecule has 1 aromatic rings. The molecule has 28 heavy (non-hydrogen) atoms. The average Bonchev–Trinajstić information content (AvgIpc) is 2.69. The molecule has 0 aliphatic carbocycles. The van der Waals surface area contributed by atoms with Gasteiger partial charge in [-0.25, -0.2) is 0 Å². The van der Waals surface area contributed by atoms with Crippen LogP contribution in [0, 0.1) is 0 Å². The van der Waals surface area contributed by atoms with Crippen LogP contribution in [0.2, 0.25) is 0 Å². The van der Waals surface area contributed by atoms with E-state index in [9.17, 15) is 9.59 Å². The Kier molecular flexibility index (Phi) is 11.2. The maximum Gasteiger partial charge on any atom is 0.224 e. The van der Waals surface area contributed by atoms with Crippen LogP contribution < -0.4 is 15.5 Å². The third-order valence-electron chi connectivity index (χ3n) is 4.84. The number of benzene rings is 1. The fourth-order valence-electron chi connectivity index (χ4n) is 3.37. The number of hydrogen-bond donors (Lipinski definition) is 2. The van der Waals surface area contributed by atoms with E-state index in [4.69, 9.17) is 4.74 Å². The van der Waals surface area contributed by atoms with E-state index in [1.54, 1.807) is 0 Å². The fraction of sp³-hybridized carbons (Fsp3) is 0.579. The van der Waals surface area contributed by atoms with Gasteiger partial charge in [-0.1, -0.05) is 18.2 Å². The molecular formula is C19H30Cl2N4O3. The van der Waals surface area contributed by atoms with Gasteiger partial charge in [-0.05, 0) is 12.1 Å². The van der Waals surface area contributed by atoms with E-state index in [0.29, 0.717) is 32.6 Å². The molecule has 2 heterocycles. The number of piperazine rings is 1. The number of halogens is 2. The molecule has 2 amide bonds. The van der Waals surface area contributed by atoms with E-state index in [-0.39, 0.29) is 42.7 Å². The van der Waals surface area contributed by atoms with Crippen molar-refractivity contribution < 1.29 is 14.3 Å². The molecular weight excluding hydrogens is 403 g/mol. The van der Waals surface area contributed by atoms with Gasteiger partial charge in [0.25, 0.3) is 0 Å². The molecule has 0 spiro atoms. The first-order valence-corrected chi connectivity index (χ1v) is 9.38. The molecule has 1 aromatic carbocycles. The zero-order valence-corrected chi connectivity index (χ0v) is 17.6. The van der Waals surface area contributed by atoms with Gasteiger partial charge in [-0.2, -0.15) is 0 Å². The van der Waals surface area contributed by atoms with E-state index in [1.165, 1.54) is 5.69 Å². The number of para-hydroxylation sites is 1. The number of nitrogens with zero attached hydrogens (tertiary/aromatic N) is 2. The molecule has 0 radical (unpaired) electrons. The zero-order chi connectivity index (χ0) is 18.2. The van der Waals surface area contributed by atoms with Gasteiger partial charge < -0.3 is 25.2 Å². The molecule has 2 saturated heterocycles. The summed E-state index contributed by atoms with van der Waals surface area (Å²) in [5.74, 6) is 0.0758. The third-order valence-corrected chi connectivity index (χ3v) is 4.84. The molecule has 0 saturated carbocycles. The molecule has 2 fully saturated rings. The van der Waals surface area contributed by atoms with Crippen molar-refractivity contribution in [2.75, 3.05) is 57.4 Å². The fourth-order valence-corrected chi connectivity index (χ4v) is 3.37. The van der Waals surface area contributed by atoms with Gasteiger partial charge in [0, 0.05) is 63.8 Å². The van der Waals surface area contributed by atoms with E-state index < -0.39 is 0 Å². The van der Waals surface area contributed by atoms with Crippen LogP contribution >= 0.6 is 24.8 Å². The first-order valence-electron chi connectivity index (χ1n) is 9.38. The maximum absolute atomic E-state index is 12.3. The largest absolute Gasteiger partial charge is 0.378 e. The first-order chi connectivity index (χ1) is 12.7. The number of hydrogen-bond acceptors (Lipinski definition) is 5. The second kappa shape index (κ2) is 12.8. The third kappa shape index (κ3) is 7.47. The highest BCUT2D eigenvalue weighted by Crippen LogP contribution is 2.15. The van der Waals surface area contributed by atoms with Crippen LogP contribution in [0.15, 0.2) is 30.3 Å². The van der Waals surface area contributed by atoms with Gasteiger partial charge in [0.1, 0.15) is 0 Å². The number of nitrogens with one attached hydrogen (secondary N) is 2. The lowest BCUT2D eigenvalue weighted by Gasteiger charge is -2.36. The summed E-state index contributed by atoms with van der Waals surface area (Å²) in [6.07, 6.45) is 0.746. The molecule has 0 bridgehead atoms. The quantitative estimate of drug-likeness (QED) is 0.702. The van der Waals surface area contributed by atoms with Crippen molar-refractivity contribution in [3.63, 3.8) is 0 Å². The lowest BCUT2D eigenvalue weighted by molar-refractivity contribution is -0.131. The van der Waals surface area contributed by atoms with E-state index >= 15 is 0 Å². The molecule has 2 aliphatic heterocycles. The summed E-state index contributed by atoms with van der Waals surface area (Å²) in [5, 5.41) is 6.10. The minimum absolute atomic E-state index is 0. The molecule has 2 aliphatic rings. The molecule has 158 valence electrons. The molecule has 1 atom stereocenters. The highest BCUT2D eigenvalue weighted by Gasteiger charge is 2.21. The summed E-state index contributed by atoms with van der Waals surface area (Å²) in [7, 11) is 0. The van der Waals surface area contributed by atoms with E-state index in [0.717, 1.165) is 32.7 Å². The molecule has 3 rings (SSSR count). The molecule has 9 heteroatoms. The number of amides is 2. The van der Waals surface area contributed by atoms with Crippen LogP contribution in [0.5, 0.6) is 0 Å². The number of carbonyl (C=O) groups is 2. The van der Waals surface area contributed by atoms with Crippen LogP contribution in [0.25, 0.3) is 0 Å². The van der Waals surface area contributed by atoms with Crippen LogP contribution in [0.4, 0.5) is 5.69 Å². The Balaban J connectivity index is 0.00000196. The smallest absolute Gasteiger partial charge is 0.224 e. The highest BCUT2D eigenvalue weighted by molar-refractivity contribution is 5.85. The zero-order valence-electron chi connectivity index (χ0n) is 16.0. The molecule has 2 N–H and O–H groups in total. The SMILES string of the molecule is Cl.Cl.O=C(CC1COCCN1)NCCC(=O)N1CCN(c2ccccc2)CC1. The Labute approximate surface area is 179 Å². The van der Waals surface area contributed by atoms with Crippen molar-refractivity contribution >= 4 is 42.3 Å². The summed E-state index contributed by atoms with van der Waals surface area (Å²) in [4.78, 5) is 28.5. The van der Waals surface area contributed by atoms with Crippen molar-refractivity contribution in [1.82, 2.24) is 15.5 Å². The van der Waals surface area contributed by atoms with Crippen molar-refractivity contribution in [2.45, 2.75) is 18.9 Å². The van der Waals surface area contributed by atoms with Gasteiger partial charge in [-0.3, -0.25) is 9.59 Å². The van der Waals surface area contributed by atoms with Crippen molar-refractivity contribution in [2.24, 2.45) is 0 Å². The van der Waals surface area contributed by atoms with Crippen molar-refractivity contribution in [1.29, 1.82) is 0 Å². The molecule has 7 nitrogen and oxygen atoms in total. The topological polar surface area (TPSA) is 73.9 Å². The predicted molar refractivity (Wildman–Crippen MR) is 115 cm³/mol. The van der Waals surface area contributed by atoms with E-state index in [1.807, 2.05) is 23.1 Å². The van der Waals surface area contributed by atoms with Crippen molar-refractivity contribution in [3.8, 4) is 0 Å². The lowest BCUT2D eigenvalue weighted by atomic mass is 10.2. The second-order valence-electron chi connectivity index (χ2n) is 6.73. The molecule has 0 aromatic heterocycles. The van der Waals surface area contributed by atoms with Gasteiger partial charge in [0.2, 0.25) is 11.8 Å². The number of morpholine rings is 1. The summed E-state index contributed by atoms with van der Waals surface area (Å²) in [6, 6.07) is 10.3. The standard InChI is InChI=1S/C19H28N4O3.2ClH/c24-18(14-16-15-26-13-8-20-16)21-7-6-19(25)23-11-9-22(10-12-23)17-4-2-1-3-5-17;;/h1-5,16,20H,6-15H2,(H,21,24);2*1H. The summed E-state index contributed by atoms with van der Waals surface area (Å²) in [5.41, 5.74) is 1.20. The van der Waals surface area contributed by atoms with Crippen LogP contribution in [-0.4, -0.2) is 75.2 Å². The Morgan fingerprint density at radius 2 is 1.82 bits per heavy atom. The highest BCUT2D eigenvalue weighted by atomic mass is 35.5. The minimum Gasteiger partial charge on any atom is -0.378 e. The van der Waals surface area contributed by atoms with Gasteiger partial charge in [0.05, 0.1) is 13.2 Å². The Morgan fingerprint density at radius 3 is 2.46 bits per heavy atom. The Bertz CT molecular complexity index is 592. The molecule has 1 unspecified atom stereocenters. The van der Waals surface area contributed by atoms with Crippen LogP contribution in [0.1, 0.15) is 12.8 Å².